The molecule has 1 aromatic carbocycles. The second-order valence-electron chi connectivity index (χ2n) is 7.40. The number of aromatic nitrogens is 2. The molecule has 0 bridgehead atoms. The van der Waals surface area contributed by atoms with Crippen molar-refractivity contribution in [2.24, 2.45) is 0 Å². The molecule has 0 radical (unpaired) electrons. The molecule has 2 aromatic rings. The van der Waals surface area contributed by atoms with E-state index in [1.165, 1.54) is 4.57 Å². The van der Waals surface area contributed by atoms with Crippen molar-refractivity contribution in [3.8, 4) is 0 Å². The first-order valence-corrected chi connectivity index (χ1v) is 8.49. The molecule has 2 amide bonds. The highest BCUT2D eigenvalue weighted by molar-refractivity contribution is 6.52. The van der Waals surface area contributed by atoms with E-state index < -0.39 is 16.6 Å². The molecule has 1 fully saturated rings. The molecule has 1 atom stereocenters. The van der Waals surface area contributed by atoms with E-state index in [1.807, 2.05) is 0 Å². The summed E-state index contributed by atoms with van der Waals surface area (Å²) >= 11 is 5.98. The molecule has 3 rings (SSSR count). The van der Waals surface area contributed by atoms with Crippen LogP contribution in [-0.2, 0) is 15.0 Å². The summed E-state index contributed by atoms with van der Waals surface area (Å²) < 4.78 is 1.40. The van der Waals surface area contributed by atoms with Crippen LogP contribution in [0.5, 0.6) is 0 Å². The van der Waals surface area contributed by atoms with Gasteiger partial charge < -0.3 is 0 Å². The maximum absolute atomic E-state index is 13.1. The van der Waals surface area contributed by atoms with Gasteiger partial charge >= 0.3 is 0 Å². The van der Waals surface area contributed by atoms with Crippen molar-refractivity contribution < 1.29 is 9.59 Å². The van der Waals surface area contributed by atoms with E-state index in [1.54, 1.807) is 48.7 Å². The molecule has 0 saturated carbocycles. The molecule has 1 saturated heterocycles. The Morgan fingerprint density at radius 1 is 1.16 bits per heavy atom. The highest BCUT2D eigenvalue weighted by Gasteiger charge is 2.45. The highest BCUT2D eigenvalue weighted by atomic mass is 35.5. The van der Waals surface area contributed by atoms with Gasteiger partial charge in [-0.1, -0.05) is 18.0 Å². The fourth-order valence-corrected chi connectivity index (χ4v) is 3.42. The molecule has 0 aliphatic carbocycles. The third kappa shape index (κ3) is 2.80. The lowest BCUT2D eigenvalue weighted by Crippen LogP contribution is -2.54. The zero-order valence-electron chi connectivity index (χ0n) is 14.6. The van der Waals surface area contributed by atoms with Gasteiger partial charge in [-0.05, 0) is 36.8 Å². The van der Waals surface area contributed by atoms with Crippen molar-refractivity contribution in [3.63, 3.8) is 0 Å². The zero-order chi connectivity index (χ0) is 18.6. The van der Waals surface area contributed by atoms with Crippen LogP contribution in [0.2, 0.25) is 10.2 Å². The van der Waals surface area contributed by atoms with Crippen LogP contribution >= 0.6 is 11.6 Å². The Morgan fingerprint density at radius 2 is 1.84 bits per heavy atom. The number of carbonyl (C=O) groups excluding carboxylic acids is 2. The van der Waals surface area contributed by atoms with Gasteiger partial charge in [-0.3, -0.25) is 24.3 Å². The Morgan fingerprint density at radius 3 is 2.52 bits per heavy atom. The van der Waals surface area contributed by atoms with E-state index in [0.29, 0.717) is 34.6 Å². The monoisotopic (exact) mass is 355 g/mol. The first-order valence-electron chi connectivity index (χ1n) is 8.11. The Bertz CT molecular complexity index is 976. The van der Waals surface area contributed by atoms with Crippen LogP contribution in [0.3, 0.4) is 0 Å². The molecule has 0 spiro atoms. The summed E-state index contributed by atoms with van der Waals surface area (Å²) in [5.41, 5.74) is -1.02. The predicted octanol–water partition coefficient (Wildman–Crippen LogP) is -1.54. The molecule has 1 N–H and O–H groups in total. The van der Waals surface area contributed by atoms with Crippen molar-refractivity contribution >= 4 is 57.9 Å². The summed E-state index contributed by atoms with van der Waals surface area (Å²) in [4.78, 5) is 42.6. The third-order valence-electron chi connectivity index (χ3n) is 5.06. The van der Waals surface area contributed by atoms with E-state index in [2.05, 4.69) is 10.3 Å². The van der Waals surface area contributed by atoms with Crippen molar-refractivity contribution in [1.29, 1.82) is 0 Å². The molecule has 126 valence electrons. The first kappa shape index (κ1) is 17.8. The zero-order valence-corrected chi connectivity index (χ0v) is 15.4. The second kappa shape index (κ2) is 5.76. The molecule has 25 heavy (non-hydrogen) atoms. The number of hydrogen-bond donors (Lipinski definition) is 1. The number of benzene rings is 1. The molecule has 2 heterocycles. The van der Waals surface area contributed by atoms with Crippen LogP contribution in [0.1, 0.15) is 18.7 Å². The number of hydrogen-bond acceptors (Lipinski definition) is 4. The van der Waals surface area contributed by atoms with Crippen LogP contribution < -0.4 is 10.9 Å². The highest BCUT2D eigenvalue weighted by Crippen LogP contribution is 2.33. The number of carbonyl (C=O) groups is 2. The average Bonchev–Trinajstić information content (AvgIpc) is 2.58. The van der Waals surface area contributed by atoms with Gasteiger partial charge in [0, 0.05) is 5.02 Å². The molecule has 1 unspecified atom stereocenters. The topological polar surface area (TPSA) is 81.1 Å². The summed E-state index contributed by atoms with van der Waals surface area (Å²) in [6, 6.07) is 4.85. The Labute approximate surface area is 152 Å². The molecule has 1 aromatic heterocycles. The molecule has 1 aliphatic rings. The number of nitrogens with zero attached hydrogens (tertiary/aromatic N) is 2. The van der Waals surface area contributed by atoms with Gasteiger partial charge in [0.15, 0.2) is 0 Å². The molecule has 6 nitrogen and oxygen atoms in total. The van der Waals surface area contributed by atoms with E-state index in [-0.39, 0.29) is 11.5 Å². The van der Waals surface area contributed by atoms with Crippen molar-refractivity contribution in [2.75, 3.05) is 0 Å². The Kier molecular flexibility index (Phi) is 4.10. The van der Waals surface area contributed by atoms with E-state index in [4.69, 9.17) is 11.6 Å². The maximum atomic E-state index is 13.1. The minimum Gasteiger partial charge on any atom is -0.296 e. The van der Waals surface area contributed by atoms with Crippen LogP contribution in [0.4, 0.5) is 0 Å². The number of fused-ring (bicyclic) bond motifs is 1. The van der Waals surface area contributed by atoms with Crippen molar-refractivity contribution in [1.82, 2.24) is 14.9 Å². The third-order valence-corrected chi connectivity index (χ3v) is 5.30. The lowest BCUT2D eigenvalue weighted by molar-refractivity contribution is -0.132. The molecule has 10 heteroatoms. The number of aryl methyl sites for hydroxylation is 1. The normalized spacial score (nSPS) is 23.3. The summed E-state index contributed by atoms with van der Waals surface area (Å²) in [5, 5.41) is 2.64. The number of amides is 2. The largest absolute Gasteiger partial charge is 0.296 e. The maximum Gasteiger partial charge on any atom is 0.261 e. The standard InChI is InChI=1S/C15H17B3ClN3O3/c1-7-20-10-6-8(19)2-3-9(10)11(23)22(7)15(18)5-4-14(16,17)12(24)21-13(15)25/h2-3,6H,4-5,16-18H2,1H3,(H,21,24,25). The lowest BCUT2D eigenvalue weighted by Gasteiger charge is -2.30. The minimum absolute atomic E-state index is 0.316. The molecular formula is C15H17B3ClN3O3. The van der Waals surface area contributed by atoms with Crippen LogP contribution in [0.25, 0.3) is 10.9 Å². The summed E-state index contributed by atoms with van der Waals surface area (Å²) in [6.07, 6.45) is 0.838. The van der Waals surface area contributed by atoms with Crippen molar-refractivity contribution in [2.45, 2.75) is 30.4 Å². The fourth-order valence-electron chi connectivity index (χ4n) is 3.25. The molecule has 1 aliphatic heterocycles. The number of halogens is 1. The quantitative estimate of drug-likeness (QED) is 0.497. The fraction of sp³-hybridized carbons (Fsp3) is 0.333. The second-order valence-corrected chi connectivity index (χ2v) is 7.84. The minimum atomic E-state index is -1.19. The average molecular weight is 355 g/mol. The van der Waals surface area contributed by atoms with Gasteiger partial charge in [-0.25, -0.2) is 4.98 Å². The summed E-state index contributed by atoms with van der Waals surface area (Å²) in [6.45, 7) is 1.68. The molecular weight excluding hydrogens is 338 g/mol. The predicted molar refractivity (Wildman–Crippen MR) is 104 cm³/mol. The van der Waals surface area contributed by atoms with Gasteiger partial charge in [0.1, 0.15) is 29.4 Å². The van der Waals surface area contributed by atoms with Crippen LogP contribution in [-0.4, -0.2) is 44.9 Å². The number of nitrogens with one attached hydrogen (secondary N) is 1. The smallest absolute Gasteiger partial charge is 0.261 e. The van der Waals surface area contributed by atoms with Gasteiger partial charge in [0.25, 0.3) is 5.56 Å². The number of rotatable bonds is 1. The summed E-state index contributed by atoms with van der Waals surface area (Å²) in [5.74, 6) is -0.402. The Balaban J connectivity index is 2.24. The van der Waals surface area contributed by atoms with Gasteiger partial charge in [0.05, 0.1) is 16.3 Å². The summed E-state index contributed by atoms with van der Waals surface area (Å²) in [7, 11) is 5.25. The van der Waals surface area contributed by atoms with Crippen LogP contribution in [0.15, 0.2) is 23.0 Å². The SMILES string of the molecule is BC1(B)CCC(B)(n2c(C)nc3cc(Cl)ccc3c2=O)C(=O)NC1=O. The van der Waals surface area contributed by atoms with Crippen molar-refractivity contribution in [3.05, 3.63) is 39.4 Å². The first-order chi connectivity index (χ1) is 11.6. The van der Waals surface area contributed by atoms with Gasteiger partial charge in [0.2, 0.25) is 11.8 Å². The van der Waals surface area contributed by atoms with E-state index >= 15 is 0 Å². The lowest BCUT2D eigenvalue weighted by atomic mass is 9.51. The van der Waals surface area contributed by atoms with Gasteiger partial charge in [-0.2, -0.15) is 0 Å². The van der Waals surface area contributed by atoms with Gasteiger partial charge in [-0.15, -0.1) is 0 Å². The Hall–Kier alpha value is -2.02. The van der Waals surface area contributed by atoms with E-state index in [0.717, 1.165) is 0 Å². The van der Waals surface area contributed by atoms with Crippen LogP contribution in [0, 0.1) is 6.92 Å². The number of imide groups is 1. The van der Waals surface area contributed by atoms with E-state index in [9.17, 15) is 14.4 Å².